The van der Waals surface area contributed by atoms with Crippen molar-refractivity contribution in [3.05, 3.63) is 0 Å². The molecular weight excluding hydrogens is 354 g/mol. The molecule has 6 heteroatoms. The molecule has 28 heavy (non-hydrogen) atoms. The third-order valence-corrected chi connectivity index (χ3v) is 8.81. The Bertz CT molecular complexity index is 669. The van der Waals surface area contributed by atoms with Crippen LogP contribution in [-0.4, -0.2) is 51.3 Å². The summed E-state index contributed by atoms with van der Waals surface area (Å²) in [5.74, 6) is 2.44. The van der Waals surface area contributed by atoms with Crippen LogP contribution in [0.3, 0.4) is 0 Å². The molecule has 4 aliphatic carbocycles. The van der Waals surface area contributed by atoms with E-state index in [1.54, 1.807) is 0 Å². The van der Waals surface area contributed by atoms with E-state index in [2.05, 4.69) is 10.2 Å². The minimum absolute atomic E-state index is 0.00333. The Morgan fingerprint density at radius 2 is 1.29 bits per heavy atom. The molecule has 0 aromatic carbocycles. The fourth-order valence-electron chi connectivity index (χ4n) is 8.25. The Morgan fingerprint density at radius 3 is 1.79 bits per heavy atom. The highest BCUT2D eigenvalue weighted by Crippen LogP contribution is 2.55. The first-order chi connectivity index (χ1) is 13.5. The van der Waals surface area contributed by atoms with Gasteiger partial charge in [-0.2, -0.15) is 0 Å². The summed E-state index contributed by atoms with van der Waals surface area (Å²) in [7, 11) is 0. The molecule has 6 bridgehead atoms. The highest BCUT2D eigenvalue weighted by atomic mass is 16.2. The van der Waals surface area contributed by atoms with Gasteiger partial charge in [-0.1, -0.05) is 0 Å². The lowest BCUT2D eigenvalue weighted by molar-refractivity contribution is -0.142. The first kappa shape index (κ1) is 17.3. The van der Waals surface area contributed by atoms with Crippen molar-refractivity contribution in [1.82, 2.24) is 15.1 Å². The van der Waals surface area contributed by atoms with Crippen LogP contribution in [0.4, 0.5) is 4.79 Å². The van der Waals surface area contributed by atoms with E-state index in [-0.39, 0.29) is 41.5 Å². The number of hydrogen-bond acceptors (Lipinski definition) is 3. The largest absolute Gasteiger partial charge is 0.333 e. The number of rotatable bonds is 2. The van der Waals surface area contributed by atoms with Crippen molar-refractivity contribution in [2.24, 2.45) is 17.8 Å². The number of fused-ring (bicyclic) bond motifs is 2. The second-order valence-electron chi connectivity index (χ2n) is 10.7. The minimum atomic E-state index is -0.0131. The number of likely N-dealkylation sites (tertiary alicyclic amines) is 1. The average Bonchev–Trinajstić information content (AvgIpc) is 3.09. The summed E-state index contributed by atoms with van der Waals surface area (Å²) < 4.78 is 0. The van der Waals surface area contributed by atoms with Crippen LogP contribution in [0.25, 0.3) is 0 Å². The van der Waals surface area contributed by atoms with E-state index < -0.39 is 0 Å². The van der Waals surface area contributed by atoms with E-state index in [0.29, 0.717) is 12.8 Å². The topological polar surface area (TPSA) is 69.7 Å². The van der Waals surface area contributed by atoms with E-state index in [0.717, 1.165) is 43.4 Å². The number of urea groups is 1. The van der Waals surface area contributed by atoms with Gasteiger partial charge in [-0.15, -0.1) is 0 Å². The maximum atomic E-state index is 13.4. The first-order valence-corrected chi connectivity index (χ1v) is 11.4. The van der Waals surface area contributed by atoms with E-state index in [9.17, 15) is 14.4 Å². The van der Waals surface area contributed by atoms with Gasteiger partial charge < -0.3 is 10.2 Å². The van der Waals surface area contributed by atoms with Crippen molar-refractivity contribution in [2.45, 2.75) is 101 Å². The molecule has 7 rings (SSSR count). The molecule has 0 radical (unpaired) electrons. The molecule has 4 amide bonds. The van der Waals surface area contributed by atoms with Crippen LogP contribution < -0.4 is 5.32 Å². The summed E-state index contributed by atoms with van der Waals surface area (Å²) in [6, 6.07) is 0.494. The summed E-state index contributed by atoms with van der Waals surface area (Å²) in [6.07, 6.45) is 11.9. The van der Waals surface area contributed by atoms with Gasteiger partial charge in [-0.05, 0) is 82.0 Å². The summed E-state index contributed by atoms with van der Waals surface area (Å²) >= 11 is 0. The predicted molar refractivity (Wildman–Crippen MR) is 102 cm³/mol. The fraction of sp³-hybridized carbons (Fsp3) is 0.864. The van der Waals surface area contributed by atoms with Gasteiger partial charge in [-0.25, -0.2) is 4.79 Å². The van der Waals surface area contributed by atoms with Crippen molar-refractivity contribution in [3.63, 3.8) is 0 Å². The Hall–Kier alpha value is -1.59. The Morgan fingerprint density at radius 1 is 0.786 bits per heavy atom. The average molecular weight is 386 g/mol. The minimum Gasteiger partial charge on any atom is -0.333 e. The Kier molecular flexibility index (Phi) is 3.68. The monoisotopic (exact) mass is 385 g/mol. The molecule has 152 valence electrons. The molecule has 3 aliphatic heterocycles. The van der Waals surface area contributed by atoms with Crippen LogP contribution in [0.15, 0.2) is 0 Å². The molecule has 7 fully saturated rings. The normalized spacial score (nSPS) is 46.6. The highest BCUT2D eigenvalue weighted by molar-refractivity contribution is 6.02. The summed E-state index contributed by atoms with van der Waals surface area (Å²) in [5, 5.41) is 3.54. The smallest absolute Gasteiger partial charge is 0.318 e. The second-order valence-corrected chi connectivity index (χ2v) is 10.7. The fourth-order valence-corrected chi connectivity index (χ4v) is 8.25. The van der Waals surface area contributed by atoms with Crippen molar-refractivity contribution in [1.29, 1.82) is 0 Å². The van der Waals surface area contributed by atoms with Gasteiger partial charge in [0, 0.05) is 36.5 Å². The molecule has 0 aromatic rings. The number of nitrogens with one attached hydrogen (secondary N) is 1. The van der Waals surface area contributed by atoms with Crippen molar-refractivity contribution < 1.29 is 14.4 Å². The third kappa shape index (κ3) is 2.55. The van der Waals surface area contributed by atoms with Gasteiger partial charge in [0.2, 0.25) is 11.8 Å². The maximum absolute atomic E-state index is 13.4. The highest BCUT2D eigenvalue weighted by Gasteiger charge is 2.54. The molecule has 4 saturated carbocycles. The Labute approximate surface area is 166 Å². The molecule has 0 spiro atoms. The number of hydrogen-bond donors (Lipinski definition) is 1. The van der Waals surface area contributed by atoms with Gasteiger partial charge >= 0.3 is 6.03 Å². The molecule has 1 N–H and O–H groups in total. The zero-order valence-corrected chi connectivity index (χ0v) is 16.6. The van der Waals surface area contributed by atoms with Crippen LogP contribution in [-0.2, 0) is 9.59 Å². The van der Waals surface area contributed by atoms with Gasteiger partial charge in [-0.3, -0.25) is 14.5 Å². The van der Waals surface area contributed by atoms with Gasteiger partial charge in [0.05, 0.1) is 0 Å². The number of nitrogens with zero attached hydrogens (tertiary/aromatic N) is 2. The lowest BCUT2D eigenvalue weighted by atomic mass is 9.53. The van der Waals surface area contributed by atoms with E-state index in [1.807, 2.05) is 0 Å². The second kappa shape index (κ2) is 5.96. The third-order valence-electron chi connectivity index (χ3n) is 8.81. The molecule has 3 saturated heterocycles. The SMILES string of the molecule is O=C1CCC(=O)N1C1CC2CCC(C1)N2C(=O)NC12CC3CC(CC(C3)C1)C2. The zero-order chi connectivity index (χ0) is 19.0. The van der Waals surface area contributed by atoms with Crippen LogP contribution in [0, 0.1) is 17.8 Å². The molecule has 2 unspecified atom stereocenters. The number of carbonyl (C=O) groups excluding carboxylic acids is 3. The number of imide groups is 1. The lowest BCUT2D eigenvalue weighted by Gasteiger charge is -2.57. The van der Waals surface area contributed by atoms with Gasteiger partial charge in [0.1, 0.15) is 0 Å². The van der Waals surface area contributed by atoms with Gasteiger partial charge in [0.25, 0.3) is 0 Å². The predicted octanol–water partition coefficient (Wildman–Crippen LogP) is 2.81. The molecule has 2 atom stereocenters. The molecule has 3 heterocycles. The summed E-state index contributed by atoms with van der Waals surface area (Å²) in [5.41, 5.74) is 0.0446. The molecule has 6 nitrogen and oxygen atoms in total. The quantitative estimate of drug-likeness (QED) is 0.743. The van der Waals surface area contributed by atoms with Crippen LogP contribution in [0.1, 0.15) is 77.0 Å². The van der Waals surface area contributed by atoms with Crippen LogP contribution >= 0.6 is 0 Å². The molecule has 0 aromatic heterocycles. The molecule has 7 aliphatic rings. The van der Waals surface area contributed by atoms with E-state index in [1.165, 1.54) is 43.4 Å². The molecular formula is C22H31N3O3. The van der Waals surface area contributed by atoms with Gasteiger partial charge in [0.15, 0.2) is 0 Å². The van der Waals surface area contributed by atoms with E-state index in [4.69, 9.17) is 0 Å². The standard InChI is InChI=1S/C22H31N3O3/c26-19-3-4-20(27)25(19)18-8-16-1-2-17(9-18)24(16)21(28)23-22-10-13-5-14(11-22)7-15(6-13)12-22/h13-18H,1-12H2,(H,23,28). The number of amides is 4. The number of piperidine rings is 1. The lowest BCUT2D eigenvalue weighted by Crippen LogP contribution is -2.64. The first-order valence-electron chi connectivity index (χ1n) is 11.4. The van der Waals surface area contributed by atoms with Crippen molar-refractivity contribution >= 4 is 17.8 Å². The van der Waals surface area contributed by atoms with Crippen LogP contribution in [0.5, 0.6) is 0 Å². The van der Waals surface area contributed by atoms with E-state index >= 15 is 0 Å². The number of carbonyl (C=O) groups is 3. The maximum Gasteiger partial charge on any atom is 0.318 e. The summed E-state index contributed by atoms with van der Waals surface area (Å²) in [6.45, 7) is 0. The Balaban J connectivity index is 1.16. The van der Waals surface area contributed by atoms with Crippen molar-refractivity contribution in [3.8, 4) is 0 Å². The zero-order valence-electron chi connectivity index (χ0n) is 16.6. The van der Waals surface area contributed by atoms with Crippen LogP contribution in [0.2, 0.25) is 0 Å². The summed E-state index contributed by atoms with van der Waals surface area (Å²) in [4.78, 5) is 41.3. The van der Waals surface area contributed by atoms with Crippen molar-refractivity contribution in [2.75, 3.05) is 0 Å².